The van der Waals surface area contributed by atoms with Crippen molar-refractivity contribution < 1.29 is 29.6 Å². The number of aliphatic hydroxyl groups is 2. The number of carbonyl (C=O) groups excluding carboxylic acids is 1. The van der Waals surface area contributed by atoms with E-state index < -0.39 is 36.6 Å². The van der Waals surface area contributed by atoms with E-state index in [2.05, 4.69) is 30.9 Å². The number of carbonyl (C=O) groups is 2. The highest BCUT2D eigenvalue weighted by Crippen LogP contribution is 2.32. The first kappa shape index (κ1) is 23.4. The Kier molecular flexibility index (Phi) is 7.51. The fourth-order valence-corrected chi connectivity index (χ4v) is 3.57. The van der Waals surface area contributed by atoms with Crippen molar-refractivity contribution in [3.63, 3.8) is 0 Å². The van der Waals surface area contributed by atoms with Crippen LogP contribution in [0, 0.1) is 0 Å². The number of ether oxygens (including phenoxy) is 1. The number of ketones is 1. The number of carboxylic acid groups (broad SMARTS) is 1. The van der Waals surface area contributed by atoms with Crippen LogP contribution in [0.1, 0.15) is 12.6 Å². The van der Waals surface area contributed by atoms with E-state index in [-0.39, 0.29) is 43.0 Å². The zero-order valence-corrected chi connectivity index (χ0v) is 18.0. The second kappa shape index (κ2) is 9.93. The molecule has 14 heteroatoms. The maximum absolute atomic E-state index is 11.9. The summed E-state index contributed by atoms with van der Waals surface area (Å²) >= 11 is 3.10. The predicted octanol–water partition coefficient (Wildman–Crippen LogP) is -1.90. The number of hydrogen-bond acceptors (Lipinski definition) is 11. The maximum Gasteiger partial charge on any atom is 0.320 e. The standard InChI is InChI=1S/C17H24BrN7O6/c18-3-8(26)4-24(2-1-9(19)17(29)30)5-10-12(27)13(28)16(31-10)25-7-23-11-14(20)21-6-22-15(11)25/h6-7,9-10,12-13,16,27-28H,1-5,19H2,(H,29,30)(H2,20,21,22)/t9-,10+,12+,13+,16+/m0/s1. The maximum atomic E-state index is 11.9. The Bertz CT molecular complexity index is 943. The van der Waals surface area contributed by atoms with E-state index in [4.69, 9.17) is 21.3 Å². The fraction of sp³-hybridized carbons (Fsp3) is 0.588. The highest BCUT2D eigenvalue weighted by molar-refractivity contribution is 9.09. The molecule has 0 aliphatic carbocycles. The minimum atomic E-state index is -1.30. The number of alkyl halides is 1. The van der Waals surface area contributed by atoms with Crippen LogP contribution in [0.5, 0.6) is 0 Å². The minimum absolute atomic E-state index is 0.00267. The normalized spacial score (nSPS) is 24.7. The van der Waals surface area contributed by atoms with Crippen molar-refractivity contribution in [2.24, 2.45) is 5.73 Å². The number of aliphatic carboxylic acids is 1. The van der Waals surface area contributed by atoms with Gasteiger partial charge in [0.1, 0.15) is 36.2 Å². The summed E-state index contributed by atoms with van der Waals surface area (Å²) in [4.78, 5) is 36.7. The van der Waals surface area contributed by atoms with E-state index in [1.54, 1.807) is 4.90 Å². The van der Waals surface area contributed by atoms with Gasteiger partial charge < -0.3 is 31.5 Å². The highest BCUT2D eigenvalue weighted by atomic mass is 79.9. The van der Waals surface area contributed by atoms with E-state index in [9.17, 15) is 19.8 Å². The van der Waals surface area contributed by atoms with Gasteiger partial charge in [-0.15, -0.1) is 0 Å². The quantitative estimate of drug-likeness (QED) is 0.226. The molecule has 13 nitrogen and oxygen atoms in total. The van der Waals surface area contributed by atoms with Crippen LogP contribution in [-0.4, -0.2) is 101 Å². The van der Waals surface area contributed by atoms with Crippen molar-refractivity contribution in [3.8, 4) is 0 Å². The van der Waals surface area contributed by atoms with Crippen LogP contribution in [0.25, 0.3) is 11.2 Å². The molecule has 1 aliphatic rings. The summed E-state index contributed by atoms with van der Waals surface area (Å²) in [6, 6.07) is -1.09. The molecule has 0 spiro atoms. The zero-order chi connectivity index (χ0) is 22.7. The fourth-order valence-electron chi connectivity index (χ4n) is 3.39. The van der Waals surface area contributed by atoms with Gasteiger partial charge in [0.15, 0.2) is 23.5 Å². The van der Waals surface area contributed by atoms with Crippen LogP contribution in [-0.2, 0) is 14.3 Å². The van der Waals surface area contributed by atoms with E-state index in [1.807, 2.05) is 0 Å². The lowest BCUT2D eigenvalue weighted by Gasteiger charge is -2.26. The topological polar surface area (TPSA) is 203 Å². The second-order valence-corrected chi connectivity index (χ2v) is 7.83. The minimum Gasteiger partial charge on any atom is -0.480 e. The van der Waals surface area contributed by atoms with Crippen molar-refractivity contribution in [3.05, 3.63) is 12.7 Å². The van der Waals surface area contributed by atoms with Gasteiger partial charge in [-0.3, -0.25) is 19.1 Å². The molecule has 0 unspecified atom stereocenters. The lowest BCUT2D eigenvalue weighted by molar-refractivity contribution is -0.138. The van der Waals surface area contributed by atoms with Gasteiger partial charge in [0.2, 0.25) is 0 Å². The number of hydrogen-bond donors (Lipinski definition) is 5. The molecule has 5 atom stereocenters. The molecule has 3 rings (SSSR count). The lowest BCUT2D eigenvalue weighted by Crippen LogP contribution is -2.44. The Morgan fingerprint density at radius 3 is 2.71 bits per heavy atom. The van der Waals surface area contributed by atoms with Crippen molar-refractivity contribution in [1.82, 2.24) is 24.4 Å². The molecule has 1 aliphatic heterocycles. The van der Waals surface area contributed by atoms with Gasteiger partial charge >= 0.3 is 5.97 Å². The number of nitrogens with two attached hydrogens (primary N) is 2. The number of aliphatic hydroxyl groups excluding tert-OH is 2. The molecule has 0 aromatic carbocycles. The third-order valence-corrected chi connectivity index (χ3v) is 5.68. The molecular weight excluding hydrogens is 478 g/mol. The summed E-state index contributed by atoms with van der Waals surface area (Å²) in [5, 5.41) is 30.2. The van der Waals surface area contributed by atoms with Gasteiger partial charge in [-0.05, 0) is 6.42 Å². The van der Waals surface area contributed by atoms with Crippen LogP contribution < -0.4 is 11.5 Å². The number of nitrogens with zero attached hydrogens (tertiary/aromatic N) is 5. The molecule has 3 heterocycles. The number of imidazole rings is 1. The van der Waals surface area contributed by atoms with E-state index in [0.29, 0.717) is 11.2 Å². The van der Waals surface area contributed by atoms with E-state index >= 15 is 0 Å². The first-order valence-corrected chi connectivity index (χ1v) is 10.6. The molecule has 2 aromatic rings. The summed E-state index contributed by atoms with van der Waals surface area (Å²) in [5.41, 5.74) is 12.0. The Morgan fingerprint density at radius 2 is 2.03 bits per heavy atom. The lowest BCUT2D eigenvalue weighted by atomic mass is 10.1. The van der Waals surface area contributed by atoms with Gasteiger partial charge in [0.05, 0.1) is 18.2 Å². The summed E-state index contributed by atoms with van der Waals surface area (Å²) in [5.74, 6) is -1.11. The van der Waals surface area contributed by atoms with E-state index in [0.717, 1.165) is 0 Å². The molecule has 31 heavy (non-hydrogen) atoms. The molecule has 0 saturated carbocycles. The van der Waals surface area contributed by atoms with Gasteiger partial charge in [0, 0.05) is 13.1 Å². The third kappa shape index (κ3) is 5.16. The Morgan fingerprint density at radius 1 is 1.29 bits per heavy atom. The monoisotopic (exact) mass is 501 g/mol. The summed E-state index contributed by atoms with van der Waals surface area (Å²) in [6.45, 7) is 0.267. The van der Waals surface area contributed by atoms with E-state index in [1.165, 1.54) is 17.2 Å². The van der Waals surface area contributed by atoms with Gasteiger partial charge in [-0.1, -0.05) is 15.9 Å². The van der Waals surface area contributed by atoms with Crippen molar-refractivity contribution in [1.29, 1.82) is 0 Å². The molecule has 0 radical (unpaired) electrons. The molecule has 0 bridgehead atoms. The summed E-state index contributed by atoms with van der Waals surface area (Å²) in [7, 11) is 0. The van der Waals surface area contributed by atoms with Gasteiger partial charge in [-0.25, -0.2) is 15.0 Å². The van der Waals surface area contributed by atoms with Gasteiger partial charge in [0.25, 0.3) is 0 Å². The Labute approximate surface area is 185 Å². The average molecular weight is 502 g/mol. The van der Waals surface area contributed by atoms with Crippen LogP contribution in [0.4, 0.5) is 5.82 Å². The predicted molar refractivity (Wildman–Crippen MR) is 111 cm³/mol. The number of Topliss-reactive ketones (excluding diaryl/α,β-unsaturated/α-hetero) is 1. The van der Waals surface area contributed by atoms with Crippen LogP contribution in [0.3, 0.4) is 0 Å². The second-order valence-electron chi connectivity index (χ2n) is 7.27. The average Bonchev–Trinajstić information content (AvgIpc) is 3.28. The largest absolute Gasteiger partial charge is 0.480 e. The molecule has 1 saturated heterocycles. The highest BCUT2D eigenvalue weighted by Gasteiger charge is 2.45. The molecule has 0 amide bonds. The first-order valence-electron chi connectivity index (χ1n) is 9.46. The molecule has 170 valence electrons. The number of carboxylic acids is 1. The number of halogens is 1. The van der Waals surface area contributed by atoms with Crippen LogP contribution in [0.15, 0.2) is 12.7 Å². The summed E-state index contributed by atoms with van der Waals surface area (Å²) in [6.07, 6.45) is -1.68. The van der Waals surface area contributed by atoms with Gasteiger partial charge in [-0.2, -0.15) is 0 Å². The third-order valence-electron chi connectivity index (χ3n) is 5.06. The number of anilines is 1. The smallest absolute Gasteiger partial charge is 0.320 e. The number of nitrogen functional groups attached to an aromatic ring is 1. The van der Waals surface area contributed by atoms with Crippen LogP contribution >= 0.6 is 15.9 Å². The SMILES string of the molecule is Nc1ncnc2c1ncn2[C@@H]1O[C@H](CN(CC[C@H](N)C(=O)O)CC(=O)CBr)[C@@H](O)[C@H]1O. The zero-order valence-electron chi connectivity index (χ0n) is 16.4. The molecular formula is C17H24BrN7O6. The molecule has 1 fully saturated rings. The molecule has 7 N–H and O–H groups in total. The summed E-state index contributed by atoms with van der Waals surface area (Å²) < 4.78 is 7.34. The number of fused-ring (bicyclic) bond motifs is 1. The van der Waals surface area contributed by atoms with Crippen LogP contribution in [0.2, 0.25) is 0 Å². The Balaban J connectivity index is 1.75. The first-order chi connectivity index (χ1) is 14.7. The number of rotatable bonds is 10. The Hall–Kier alpha value is -2.23. The van der Waals surface area contributed by atoms with Crippen molar-refractivity contribution in [2.75, 3.05) is 30.7 Å². The van der Waals surface area contributed by atoms with Crippen molar-refractivity contribution >= 4 is 44.7 Å². The molecule has 2 aromatic heterocycles. The van der Waals surface area contributed by atoms with Crippen molar-refractivity contribution in [2.45, 2.75) is 37.0 Å². The number of aromatic nitrogens is 4.